The molecule has 0 unspecified atom stereocenters. The van der Waals surface area contributed by atoms with Crippen molar-refractivity contribution in [3.05, 3.63) is 23.8 Å². The number of nitrogens with zero attached hydrogens (tertiary/aromatic N) is 2. The van der Waals surface area contributed by atoms with Crippen molar-refractivity contribution < 1.29 is 18.3 Å². The smallest absolute Gasteiger partial charge is 0.264 e. The van der Waals surface area contributed by atoms with E-state index in [2.05, 4.69) is 5.10 Å². The minimum atomic E-state index is -2.62. The fourth-order valence-electron chi connectivity index (χ4n) is 1.92. The SMILES string of the molecule is COc1cc(C(F)F)cc(-c2cc(N)n(C)n2)c1OC. The number of halogens is 2. The molecule has 0 bridgehead atoms. The van der Waals surface area contributed by atoms with Crippen LogP contribution in [0.15, 0.2) is 18.2 Å². The third-order valence-electron chi connectivity index (χ3n) is 2.95. The number of hydrogen-bond donors (Lipinski definition) is 1. The number of anilines is 1. The van der Waals surface area contributed by atoms with Gasteiger partial charge in [0.1, 0.15) is 5.82 Å². The van der Waals surface area contributed by atoms with Crippen molar-refractivity contribution in [1.82, 2.24) is 9.78 Å². The van der Waals surface area contributed by atoms with E-state index in [0.717, 1.165) is 0 Å². The molecule has 2 aromatic rings. The van der Waals surface area contributed by atoms with E-state index >= 15 is 0 Å². The molecule has 2 N–H and O–H groups in total. The van der Waals surface area contributed by atoms with Gasteiger partial charge in [0.05, 0.1) is 19.9 Å². The topological polar surface area (TPSA) is 62.3 Å². The van der Waals surface area contributed by atoms with E-state index in [4.69, 9.17) is 15.2 Å². The molecule has 0 saturated heterocycles. The van der Waals surface area contributed by atoms with Gasteiger partial charge in [0, 0.05) is 24.2 Å². The second kappa shape index (κ2) is 5.36. The Hall–Kier alpha value is -2.31. The molecule has 0 aliphatic heterocycles. The van der Waals surface area contributed by atoms with Crippen molar-refractivity contribution in [3.63, 3.8) is 0 Å². The number of alkyl halides is 2. The van der Waals surface area contributed by atoms with Crippen LogP contribution in [0.3, 0.4) is 0 Å². The van der Waals surface area contributed by atoms with Gasteiger partial charge in [0.25, 0.3) is 6.43 Å². The fourth-order valence-corrected chi connectivity index (χ4v) is 1.92. The van der Waals surface area contributed by atoms with Crippen molar-refractivity contribution in [2.45, 2.75) is 6.43 Å². The molecule has 1 heterocycles. The largest absolute Gasteiger partial charge is 0.493 e. The second-order valence-electron chi connectivity index (χ2n) is 4.18. The Balaban J connectivity index is 2.68. The van der Waals surface area contributed by atoms with Crippen molar-refractivity contribution in [1.29, 1.82) is 0 Å². The van der Waals surface area contributed by atoms with Gasteiger partial charge in [0.15, 0.2) is 11.5 Å². The standard InChI is InChI=1S/C13H15F2N3O2/c1-18-11(16)6-9(17-18)8-4-7(13(14)15)5-10(19-2)12(8)20-3/h4-6,13H,16H2,1-3H3. The molecule has 1 aromatic carbocycles. The number of aromatic nitrogens is 2. The van der Waals surface area contributed by atoms with Crippen LogP contribution in [0.5, 0.6) is 11.5 Å². The highest BCUT2D eigenvalue weighted by Crippen LogP contribution is 2.41. The lowest BCUT2D eigenvalue weighted by molar-refractivity contribution is 0.151. The third-order valence-corrected chi connectivity index (χ3v) is 2.95. The Morgan fingerprint density at radius 1 is 1.20 bits per heavy atom. The minimum Gasteiger partial charge on any atom is -0.493 e. The lowest BCUT2D eigenvalue weighted by Gasteiger charge is -2.13. The molecule has 0 saturated carbocycles. The Morgan fingerprint density at radius 2 is 1.90 bits per heavy atom. The van der Waals surface area contributed by atoms with Crippen LogP contribution in [0.4, 0.5) is 14.6 Å². The van der Waals surface area contributed by atoms with Gasteiger partial charge in [-0.05, 0) is 12.1 Å². The predicted molar refractivity (Wildman–Crippen MR) is 71.1 cm³/mol. The maximum atomic E-state index is 13.0. The summed E-state index contributed by atoms with van der Waals surface area (Å²) in [5, 5.41) is 4.18. The first-order valence-corrected chi connectivity index (χ1v) is 5.82. The van der Waals surface area contributed by atoms with Crippen LogP contribution in [0.2, 0.25) is 0 Å². The molecule has 0 spiro atoms. The number of ether oxygens (including phenoxy) is 2. The fraction of sp³-hybridized carbons (Fsp3) is 0.308. The number of nitrogens with two attached hydrogens (primary N) is 1. The van der Waals surface area contributed by atoms with Crippen LogP contribution >= 0.6 is 0 Å². The quantitative estimate of drug-likeness (QED) is 0.937. The minimum absolute atomic E-state index is 0.165. The zero-order valence-corrected chi connectivity index (χ0v) is 11.4. The molecule has 0 aliphatic carbocycles. The summed E-state index contributed by atoms with van der Waals surface area (Å²) in [5.41, 5.74) is 6.41. The molecule has 108 valence electrons. The summed E-state index contributed by atoms with van der Waals surface area (Å²) in [6.07, 6.45) is -2.62. The highest BCUT2D eigenvalue weighted by Gasteiger charge is 2.20. The first-order chi connectivity index (χ1) is 9.47. The monoisotopic (exact) mass is 283 g/mol. The van der Waals surface area contributed by atoms with Gasteiger partial charge < -0.3 is 15.2 Å². The maximum Gasteiger partial charge on any atom is 0.264 e. The van der Waals surface area contributed by atoms with Crippen LogP contribution in [0.25, 0.3) is 11.3 Å². The Kier molecular flexibility index (Phi) is 3.78. The van der Waals surface area contributed by atoms with Crippen LogP contribution in [-0.2, 0) is 7.05 Å². The van der Waals surface area contributed by atoms with Gasteiger partial charge in [-0.1, -0.05) is 0 Å². The van der Waals surface area contributed by atoms with Crippen LogP contribution in [0.1, 0.15) is 12.0 Å². The lowest BCUT2D eigenvalue weighted by Crippen LogP contribution is -1.98. The normalized spacial score (nSPS) is 10.9. The number of benzene rings is 1. The van der Waals surface area contributed by atoms with E-state index in [-0.39, 0.29) is 11.3 Å². The molecule has 7 heteroatoms. The summed E-state index contributed by atoms with van der Waals surface area (Å²) >= 11 is 0. The highest BCUT2D eigenvalue weighted by molar-refractivity contribution is 5.74. The van der Waals surface area contributed by atoms with Gasteiger partial charge in [-0.25, -0.2) is 8.78 Å². The Bertz CT molecular complexity index is 607. The van der Waals surface area contributed by atoms with E-state index in [0.29, 0.717) is 22.8 Å². The number of rotatable bonds is 4. The lowest BCUT2D eigenvalue weighted by atomic mass is 10.1. The molecule has 0 aliphatic rings. The van der Waals surface area contributed by atoms with Gasteiger partial charge >= 0.3 is 0 Å². The summed E-state index contributed by atoms with van der Waals surface area (Å²) in [7, 11) is 4.50. The molecule has 5 nitrogen and oxygen atoms in total. The van der Waals surface area contributed by atoms with E-state index in [9.17, 15) is 8.78 Å². The second-order valence-corrected chi connectivity index (χ2v) is 4.18. The van der Waals surface area contributed by atoms with Crippen molar-refractivity contribution in [2.24, 2.45) is 7.05 Å². The first kappa shape index (κ1) is 14.1. The van der Waals surface area contributed by atoms with E-state index < -0.39 is 6.43 Å². The van der Waals surface area contributed by atoms with Gasteiger partial charge in [-0.2, -0.15) is 5.10 Å². The van der Waals surface area contributed by atoms with Crippen LogP contribution in [-0.4, -0.2) is 24.0 Å². The Labute approximate surface area is 114 Å². The van der Waals surface area contributed by atoms with Crippen molar-refractivity contribution in [2.75, 3.05) is 20.0 Å². The number of aryl methyl sites for hydroxylation is 1. The summed E-state index contributed by atoms with van der Waals surface area (Å²) in [4.78, 5) is 0. The molecule has 20 heavy (non-hydrogen) atoms. The average molecular weight is 283 g/mol. The number of nitrogen functional groups attached to an aromatic ring is 1. The molecule has 1 aromatic heterocycles. The summed E-state index contributed by atoms with van der Waals surface area (Å²) in [6.45, 7) is 0. The van der Waals surface area contributed by atoms with E-state index in [1.54, 1.807) is 13.1 Å². The zero-order chi connectivity index (χ0) is 14.9. The molecule has 0 radical (unpaired) electrons. The summed E-state index contributed by atoms with van der Waals surface area (Å²) < 4.78 is 37.7. The molecular weight excluding hydrogens is 268 g/mol. The summed E-state index contributed by atoms with van der Waals surface area (Å²) in [6, 6.07) is 4.17. The molecular formula is C13H15F2N3O2. The predicted octanol–water partition coefficient (Wildman–Crippen LogP) is 2.62. The van der Waals surface area contributed by atoms with Gasteiger partial charge in [-0.3, -0.25) is 4.68 Å². The summed E-state index contributed by atoms with van der Waals surface area (Å²) in [5.74, 6) is 0.989. The third kappa shape index (κ3) is 2.38. The van der Waals surface area contributed by atoms with E-state index in [1.165, 1.54) is 31.0 Å². The number of hydrogen-bond acceptors (Lipinski definition) is 4. The van der Waals surface area contributed by atoms with Crippen LogP contribution < -0.4 is 15.2 Å². The van der Waals surface area contributed by atoms with Gasteiger partial charge in [0.2, 0.25) is 0 Å². The molecule has 2 rings (SSSR count). The Morgan fingerprint density at radius 3 is 2.35 bits per heavy atom. The average Bonchev–Trinajstić information content (AvgIpc) is 2.76. The first-order valence-electron chi connectivity index (χ1n) is 5.82. The number of methoxy groups -OCH3 is 2. The molecule has 0 atom stereocenters. The maximum absolute atomic E-state index is 13.0. The molecule has 0 fully saturated rings. The van der Waals surface area contributed by atoms with Gasteiger partial charge in [-0.15, -0.1) is 0 Å². The van der Waals surface area contributed by atoms with Crippen molar-refractivity contribution >= 4 is 5.82 Å². The molecule has 0 amide bonds. The zero-order valence-electron chi connectivity index (χ0n) is 11.4. The van der Waals surface area contributed by atoms with Crippen molar-refractivity contribution in [3.8, 4) is 22.8 Å². The van der Waals surface area contributed by atoms with E-state index in [1.807, 2.05) is 0 Å². The highest BCUT2D eigenvalue weighted by atomic mass is 19.3. The van der Waals surface area contributed by atoms with Crippen LogP contribution in [0, 0.1) is 0 Å².